The number of phenols is 1. The Balaban J connectivity index is 2.15. The number of carbonyl (C=O) groups excluding carboxylic acids is 1. The van der Waals surface area contributed by atoms with Crippen LogP contribution in [0.4, 0.5) is 13.2 Å². The first kappa shape index (κ1) is 28.5. The zero-order chi connectivity index (χ0) is 26.4. The van der Waals surface area contributed by atoms with Gasteiger partial charge in [0.2, 0.25) is 11.8 Å². The molecule has 0 radical (unpaired) electrons. The Morgan fingerprint density at radius 1 is 1.31 bits per heavy atom. The predicted octanol–water partition coefficient (Wildman–Crippen LogP) is 3.35. The normalized spacial score (nSPS) is 15.2. The molecule has 0 spiro atoms. The molecule has 9 nitrogen and oxygen atoms in total. The molecule has 1 heterocycles. The summed E-state index contributed by atoms with van der Waals surface area (Å²) < 4.78 is 70.7. The summed E-state index contributed by atoms with van der Waals surface area (Å²) in [6.45, 7) is 4.74. The molecule has 0 aliphatic rings. The molecule has 1 amide bonds. The average Bonchev–Trinajstić information content (AvgIpc) is 2.75. The molecule has 0 saturated heterocycles. The number of aromatic hydroxyl groups is 1. The molecule has 1 aromatic heterocycles. The molecule has 3 unspecified atom stereocenters. The van der Waals surface area contributed by atoms with Crippen molar-refractivity contribution in [1.29, 1.82) is 0 Å². The molecule has 0 bridgehead atoms. The summed E-state index contributed by atoms with van der Waals surface area (Å²) >= 11 is -2.93. The fourth-order valence-electron chi connectivity index (χ4n) is 3.11. The Labute approximate surface area is 203 Å². The van der Waals surface area contributed by atoms with Crippen LogP contribution in [0.25, 0.3) is 0 Å². The highest BCUT2D eigenvalue weighted by atomic mass is 32.2. The fourth-order valence-corrected chi connectivity index (χ4v) is 3.48. The first-order chi connectivity index (χ1) is 16.3. The number of phenolic OH excluding ortho intramolecular Hbond substituents is 1. The lowest BCUT2D eigenvalue weighted by Gasteiger charge is -2.27. The molecular formula is C22H27F3N3O6S-. The minimum Gasteiger partial charge on any atom is -0.750 e. The fraction of sp³-hybridized carbons (Fsp3) is 0.455. The van der Waals surface area contributed by atoms with Gasteiger partial charge >= 0.3 is 6.18 Å². The van der Waals surface area contributed by atoms with Gasteiger partial charge in [-0.25, -0.2) is 9.19 Å². The van der Waals surface area contributed by atoms with Gasteiger partial charge < -0.3 is 19.7 Å². The van der Waals surface area contributed by atoms with E-state index in [1.54, 1.807) is 6.92 Å². The number of hydrogen-bond donors (Lipinski definition) is 3. The Morgan fingerprint density at radius 2 is 2.00 bits per heavy atom. The molecule has 1 aromatic carbocycles. The molecule has 2 rings (SSSR count). The third kappa shape index (κ3) is 7.88. The molecule has 4 N–H and O–H groups in total. The highest BCUT2D eigenvalue weighted by Crippen LogP contribution is 2.32. The van der Waals surface area contributed by atoms with Crippen LogP contribution in [0.5, 0.6) is 11.6 Å². The molecule has 0 saturated carbocycles. The summed E-state index contributed by atoms with van der Waals surface area (Å²) in [4.78, 5) is 16.3. The van der Waals surface area contributed by atoms with Crippen molar-refractivity contribution in [1.82, 2.24) is 10.3 Å². The Kier molecular flexibility index (Phi) is 9.60. The summed E-state index contributed by atoms with van der Waals surface area (Å²) in [5, 5.41) is 12.9. The van der Waals surface area contributed by atoms with Gasteiger partial charge in [-0.05, 0) is 44.0 Å². The lowest BCUT2D eigenvalue weighted by molar-refractivity contribution is -0.141. The van der Waals surface area contributed by atoms with Crippen molar-refractivity contribution in [3.8, 4) is 11.6 Å². The van der Waals surface area contributed by atoms with E-state index in [2.05, 4.69) is 14.5 Å². The van der Waals surface area contributed by atoms with Crippen LogP contribution in [0.3, 0.4) is 0 Å². The van der Waals surface area contributed by atoms with E-state index in [0.717, 1.165) is 12.5 Å². The van der Waals surface area contributed by atoms with Gasteiger partial charge in [-0.15, -0.1) is 0 Å². The molecule has 13 heteroatoms. The van der Waals surface area contributed by atoms with Gasteiger partial charge in [-0.1, -0.05) is 25.5 Å². The van der Waals surface area contributed by atoms with Crippen LogP contribution in [0.2, 0.25) is 0 Å². The van der Waals surface area contributed by atoms with E-state index in [4.69, 9.17) is 10.5 Å². The van der Waals surface area contributed by atoms with Crippen LogP contribution in [0.15, 0.2) is 30.3 Å². The topological polar surface area (TPSA) is 147 Å². The van der Waals surface area contributed by atoms with Gasteiger partial charge in [0.1, 0.15) is 11.4 Å². The van der Waals surface area contributed by atoms with Crippen molar-refractivity contribution in [2.45, 2.75) is 58.0 Å². The second-order valence-electron chi connectivity index (χ2n) is 7.97. The number of aromatic nitrogens is 1. The van der Waals surface area contributed by atoms with Gasteiger partial charge in [-0.3, -0.25) is 14.7 Å². The quantitative estimate of drug-likeness (QED) is 0.233. The number of benzene rings is 1. The summed E-state index contributed by atoms with van der Waals surface area (Å²) in [5.41, 5.74) is 3.51. The number of rotatable bonds is 11. The van der Waals surface area contributed by atoms with E-state index in [0.29, 0.717) is 12.0 Å². The van der Waals surface area contributed by atoms with Crippen molar-refractivity contribution in [2.24, 2.45) is 5.73 Å². The van der Waals surface area contributed by atoms with Crippen LogP contribution in [-0.4, -0.2) is 31.4 Å². The molecule has 0 fully saturated rings. The first-order valence-electron chi connectivity index (χ1n) is 10.6. The van der Waals surface area contributed by atoms with E-state index < -0.39 is 40.8 Å². The van der Waals surface area contributed by atoms with E-state index in [1.807, 2.05) is 6.92 Å². The molecule has 2 aromatic rings. The second kappa shape index (κ2) is 11.8. The van der Waals surface area contributed by atoms with E-state index in [-0.39, 0.29) is 35.9 Å². The second-order valence-corrected chi connectivity index (χ2v) is 8.55. The summed E-state index contributed by atoms with van der Waals surface area (Å²) in [7, 11) is 0. The standard InChI is InChI=1S/C22H28F3N3O6S/c1-4-5-10-33-20-15(7-9-18(28-20)22(23,24)25)12-27-19(30)13(2)14-6-8-16(17(29)11-14)21(3,26)34-35(31)32/h6-9,11,13,29H,4-5,10,12,26H2,1-3H3,(H,27,30)(H,31,32)/p-1. The van der Waals surface area contributed by atoms with E-state index in [9.17, 15) is 31.8 Å². The number of ether oxygens (including phenoxy) is 1. The SMILES string of the molecule is CCCCOc1nc(C(F)(F)F)ccc1CNC(=O)C(C)c1ccc(C(C)(N)OS(=O)[O-])c(O)c1. The minimum absolute atomic E-state index is 0.0113. The van der Waals surface area contributed by atoms with Crippen molar-refractivity contribution in [3.63, 3.8) is 0 Å². The van der Waals surface area contributed by atoms with Crippen molar-refractivity contribution >= 4 is 17.3 Å². The third-order valence-corrected chi connectivity index (χ3v) is 5.59. The Morgan fingerprint density at radius 3 is 2.57 bits per heavy atom. The summed E-state index contributed by atoms with van der Waals surface area (Å²) in [6.07, 6.45) is -3.24. The average molecular weight is 519 g/mol. The number of alkyl halides is 3. The lowest BCUT2D eigenvalue weighted by atomic mass is 9.95. The molecule has 0 aliphatic heterocycles. The summed E-state index contributed by atoms with van der Waals surface area (Å²) in [5.74, 6) is -1.85. The minimum atomic E-state index is -4.64. The van der Waals surface area contributed by atoms with Gasteiger partial charge in [0.25, 0.3) is 0 Å². The number of nitrogens with one attached hydrogen (secondary N) is 1. The lowest BCUT2D eigenvalue weighted by Crippen LogP contribution is -2.37. The zero-order valence-corrected chi connectivity index (χ0v) is 20.2. The number of nitrogens with zero attached hydrogens (tertiary/aromatic N) is 1. The largest absolute Gasteiger partial charge is 0.750 e. The summed E-state index contributed by atoms with van der Waals surface area (Å²) in [6, 6.07) is 6.07. The first-order valence-corrected chi connectivity index (χ1v) is 11.6. The van der Waals surface area contributed by atoms with Gasteiger partial charge in [0, 0.05) is 17.7 Å². The molecule has 3 atom stereocenters. The monoisotopic (exact) mass is 518 g/mol. The number of nitrogens with two attached hydrogens (primary N) is 1. The number of hydrogen-bond acceptors (Lipinski definition) is 8. The van der Waals surface area contributed by atoms with E-state index >= 15 is 0 Å². The van der Waals surface area contributed by atoms with Crippen LogP contribution >= 0.6 is 0 Å². The number of halogens is 3. The Bertz CT molecular complexity index is 1070. The maximum Gasteiger partial charge on any atom is 0.433 e. The van der Waals surface area contributed by atoms with Gasteiger partial charge in [0.05, 0.1) is 23.9 Å². The number of amides is 1. The van der Waals surface area contributed by atoms with Crippen LogP contribution in [0, 0.1) is 0 Å². The molecule has 194 valence electrons. The smallest absolute Gasteiger partial charge is 0.433 e. The van der Waals surface area contributed by atoms with Crippen LogP contribution in [0.1, 0.15) is 61.9 Å². The van der Waals surface area contributed by atoms with Gasteiger partial charge in [-0.2, -0.15) is 13.2 Å². The molecular weight excluding hydrogens is 491 g/mol. The highest BCUT2D eigenvalue weighted by molar-refractivity contribution is 7.74. The number of unbranched alkanes of at least 4 members (excludes halogenated alkanes) is 1. The predicted molar refractivity (Wildman–Crippen MR) is 120 cm³/mol. The maximum absolute atomic E-state index is 13.0. The highest BCUT2D eigenvalue weighted by Gasteiger charge is 2.33. The van der Waals surface area contributed by atoms with Crippen molar-refractivity contribution in [3.05, 3.63) is 52.7 Å². The maximum atomic E-state index is 13.0. The van der Waals surface area contributed by atoms with E-state index in [1.165, 1.54) is 31.2 Å². The Hall–Kier alpha value is -2.74. The van der Waals surface area contributed by atoms with Crippen LogP contribution in [-0.2, 0) is 38.8 Å². The third-order valence-electron chi connectivity index (χ3n) is 5.11. The van der Waals surface area contributed by atoms with Crippen molar-refractivity contribution < 1.29 is 40.8 Å². The number of carbonyl (C=O) groups is 1. The number of pyridine rings is 1. The molecule has 35 heavy (non-hydrogen) atoms. The van der Waals surface area contributed by atoms with Gasteiger partial charge in [0.15, 0.2) is 5.72 Å². The molecule has 0 aliphatic carbocycles. The van der Waals surface area contributed by atoms with Crippen molar-refractivity contribution in [2.75, 3.05) is 6.61 Å². The van der Waals surface area contributed by atoms with Crippen LogP contribution < -0.4 is 15.8 Å². The zero-order valence-electron chi connectivity index (χ0n) is 19.3.